The van der Waals surface area contributed by atoms with Crippen molar-refractivity contribution in [3.8, 4) is 0 Å². The third-order valence-electron chi connectivity index (χ3n) is 0. The van der Waals surface area contributed by atoms with Crippen LogP contribution < -0.4 is 168 Å². The van der Waals surface area contributed by atoms with Crippen molar-refractivity contribution >= 4 is 48.9 Å². The van der Waals surface area contributed by atoms with Crippen LogP contribution in [0.2, 0.25) is 0 Å². The van der Waals surface area contributed by atoms with Gasteiger partial charge in [-0.1, -0.05) is 0 Å². The fourth-order valence-electron chi connectivity index (χ4n) is 0. The van der Waals surface area contributed by atoms with E-state index in [9.17, 15) is 0 Å². The molecule has 0 aromatic rings. The third kappa shape index (κ3) is 50.4. The standard InChI is InChI=1S/Ba.7HI.Nb/h;7*1H;/q+2;;;;;;;;+5/p-7. The molecule has 0 aliphatic carbocycles. The molecule has 0 bridgehead atoms. The molecule has 9 heteroatoms. The quantitative estimate of drug-likeness (QED) is 0.168. The van der Waals surface area contributed by atoms with Crippen molar-refractivity contribution in [3.63, 3.8) is 0 Å². The summed E-state index contributed by atoms with van der Waals surface area (Å²) in [6.07, 6.45) is 0. The molecule has 0 fully saturated rings. The summed E-state index contributed by atoms with van der Waals surface area (Å²) in [5.41, 5.74) is 0. The molecule has 0 aliphatic rings. The third-order valence-corrected chi connectivity index (χ3v) is 0. The van der Waals surface area contributed by atoms with Crippen molar-refractivity contribution in [2.45, 2.75) is 0 Å². The predicted octanol–water partition coefficient (Wildman–Crippen LogP) is -21.4. The van der Waals surface area contributed by atoms with Gasteiger partial charge in [-0.05, 0) is 0 Å². The van der Waals surface area contributed by atoms with E-state index in [1.165, 1.54) is 0 Å². The van der Waals surface area contributed by atoms with Crippen LogP contribution in [0.4, 0.5) is 0 Å². The van der Waals surface area contributed by atoms with E-state index in [0.717, 1.165) is 0 Å². The zero-order chi connectivity index (χ0) is 0. The van der Waals surface area contributed by atoms with Gasteiger partial charge in [0.15, 0.2) is 0 Å². The van der Waals surface area contributed by atoms with Gasteiger partial charge in [0.2, 0.25) is 0 Å². The maximum absolute atomic E-state index is 0. The van der Waals surface area contributed by atoms with Gasteiger partial charge in [0, 0.05) is 0 Å². The van der Waals surface area contributed by atoms with E-state index in [4.69, 9.17) is 0 Å². The van der Waals surface area contributed by atoms with Crippen LogP contribution in [-0.4, -0.2) is 48.9 Å². The molecule has 9 heavy (non-hydrogen) atoms. The Kier molecular flexibility index (Phi) is 459. The van der Waals surface area contributed by atoms with Crippen LogP contribution in [0.25, 0.3) is 0 Å². The number of rotatable bonds is 0. The van der Waals surface area contributed by atoms with E-state index in [1.54, 1.807) is 0 Å². The van der Waals surface area contributed by atoms with Crippen molar-refractivity contribution in [1.29, 1.82) is 0 Å². The maximum Gasteiger partial charge on any atom is 5.00 e. The SMILES string of the molecule is [Ba+2].[I-].[I-].[I-].[I-].[I-].[I-].[I-].[Nb+5]. The van der Waals surface area contributed by atoms with Crippen LogP contribution in [-0.2, 0) is 22.4 Å². The van der Waals surface area contributed by atoms with Crippen LogP contribution in [0, 0.1) is 0 Å². The summed E-state index contributed by atoms with van der Waals surface area (Å²) < 4.78 is 0. The first-order valence-corrected chi connectivity index (χ1v) is 0. The normalized spacial score (nSPS) is 0. The second kappa shape index (κ2) is 58.2. The number of halogens is 7. The molecular formula is BaI7Nb. The van der Waals surface area contributed by atoms with Crippen molar-refractivity contribution in [1.82, 2.24) is 0 Å². The van der Waals surface area contributed by atoms with E-state index in [-0.39, 0.29) is 239 Å². The first kappa shape index (κ1) is 70.9. The van der Waals surface area contributed by atoms with Crippen molar-refractivity contribution in [3.05, 3.63) is 0 Å². The Labute approximate surface area is 232 Å². The first-order valence-electron chi connectivity index (χ1n) is 0. The summed E-state index contributed by atoms with van der Waals surface area (Å²) in [4.78, 5) is 0. The molecule has 0 radical (unpaired) electrons. The fourth-order valence-corrected chi connectivity index (χ4v) is 0. The minimum Gasteiger partial charge on any atom is -1.00 e. The van der Waals surface area contributed by atoms with Gasteiger partial charge in [-0.25, -0.2) is 0 Å². The zero-order valence-electron chi connectivity index (χ0n) is 3.80. The average Bonchev–Trinajstić information content (AvgIpc) is 0. The van der Waals surface area contributed by atoms with Crippen molar-refractivity contribution in [2.24, 2.45) is 0 Å². The molecule has 0 saturated heterocycles. The summed E-state index contributed by atoms with van der Waals surface area (Å²) in [6, 6.07) is 0. The zero-order valence-corrected chi connectivity index (χ0v) is 25.5. The topological polar surface area (TPSA) is 0 Å². The number of hydrogen-bond donors (Lipinski definition) is 0. The van der Waals surface area contributed by atoms with E-state index >= 15 is 0 Å². The minimum absolute atomic E-state index is 0. The number of hydrogen-bond acceptors (Lipinski definition) is 0. The smallest absolute Gasteiger partial charge is 1.00 e. The first-order chi connectivity index (χ1) is 0. The Bertz CT molecular complexity index is 8.88. The van der Waals surface area contributed by atoms with Gasteiger partial charge in [0.25, 0.3) is 0 Å². The van der Waals surface area contributed by atoms with Gasteiger partial charge in [-0.3, -0.25) is 0 Å². The van der Waals surface area contributed by atoms with E-state index < -0.39 is 0 Å². The predicted molar refractivity (Wildman–Crippen MR) is 5.75 cm³/mol. The summed E-state index contributed by atoms with van der Waals surface area (Å²) in [6.45, 7) is 0. The van der Waals surface area contributed by atoms with E-state index in [1.807, 2.05) is 0 Å². The molecule has 56 valence electrons. The van der Waals surface area contributed by atoms with Crippen molar-refractivity contribution in [2.75, 3.05) is 0 Å². The Morgan fingerprint density at radius 3 is 0.333 bits per heavy atom. The molecule has 0 N–H and O–H groups in total. The second-order valence-corrected chi connectivity index (χ2v) is 0. The summed E-state index contributed by atoms with van der Waals surface area (Å²) in [5.74, 6) is 0. The molecule has 0 unspecified atom stereocenters. The van der Waals surface area contributed by atoms with Gasteiger partial charge >= 0.3 is 71.3 Å². The van der Waals surface area contributed by atoms with E-state index in [2.05, 4.69) is 0 Å². The van der Waals surface area contributed by atoms with Crippen LogP contribution in [0.1, 0.15) is 0 Å². The average molecular weight is 1120 g/mol. The largest absolute Gasteiger partial charge is 5.00 e. The van der Waals surface area contributed by atoms with Gasteiger partial charge in [-0.2, -0.15) is 0 Å². The molecule has 0 spiro atoms. The van der Waals surface area contributed by atoms with Crippen LogP contribution in [0.3, 0.4) is 0 Å². The molecule has 0 aliphatic heterocycles. The summed E-state index contributed by atoms with van der Waals surface area (Å²) >= 11 is 0. The molecular weight excluding hydrogens is 1120 g/mol. The molecule has 0 atom stereocenters. The Balaban J connectivity index is 0. The fraction of sp³-hybridized carbons (Fsp3) is 0. The van der Waals surface area contributed by atoms with Crippen LogP contribution in [0.15, 0.2) is 0 Å². The van der Waals surface area contributed by atoms with Crippen molar-refractivity contribution < 1.29 is 190 Å². The van der Waals surface area contributed by atoms with Gasteiger partial charge in [0.05, 0.1) is 0 Å². The Hall–Kier alpha value is 7.42. The summed E-state index contributed by atoms with van der Waals surface area (Å²) in [5, 5.41) is 0. The maximum atomic E-state index is 0. The van der Waals surface area contributed by atoms with Gasteiger partial charge in [0.1, 0.15) is 0 Å². The molecule has 0 aromatic carbocycles. The second-order valence-electron chi connectivity index (χ2n) is 0. The van der Waals surface area contributed by atoms with Crippen LogP contribution >= 0.6 is 0 Å². The minimum atomic E-state index is 0. The molecule has 0 nitrogen and oxygen atoms in total. The van der Waals surface area contributed by atoms with E-state index in [0.29, 0.717) is 0 Å². The Morgan fingerprint density at radius 1 is 0.333 bits per heavy atom. The van der Waals surface area contributed by atoms with Crippen LogP contribution in [0.5, 0.6) is 0 Å². The molecule has 0 rings (SSSR count). The molecule has 0 heterocycles. The summed E-state index contributed by atoms with van der Waals surface area (Å²) in [7, 11) is 0. The monoisotopic (exact) mass is 1120 g/mol. The Morgan fingerprint density at radius 2 is 0.333 bits per heavy atom. The van der Waals surface area contributed by atoms with Gasteiger partial charge < -0.3 is 168 Å². The molecule has 0 saturated carbocycles. The van der Waals surface area contributed by atoms with Gasteiger partial charge in [-0.15, -0.1) is 0 Å². The molecule has 0 aromatic heterocycles. The molecule has 0 amide bonds.